The number of carbonyl (C=O) groups is 1. The van der Waals surface area contributed by atoms with Crippen LogP contribution in [0.15, 0.2) is 24.3 Å². The SMILES string of the molecule is CC(c1ccc(CN2C[C@@H](C)OC2=O)cc1)N1CCCCC1. The molecule has 2 saturated heterocycles. The Balaban J connectivity index is 1.61. The second kappa shape index (κ2) is 6.69. The molecule has 4 heteroatoms. The zero-order chi connectivity index (χ0) is 15.5. The molecule has 0 bridgehead atoms. The van der Waals surface area contributed by atoms with Gasteiger partial charge in [0.2, 0.25) is 0 Å². The lowest BCUT2D eigenvalue weighted by Gasteiger charge is -2.32. The average molecular weight is 302 g/mol. The number of rotatable bonds is 4. The molecule has 2 fully saturated rings. The quantitative estimate of drug-likeness (QED) is 0.852. The maximum Gasteiger partial charge on any atom is 0.410 e. The van der Waals surface area contributed by atoms with E-state index in [0.717, 1.165) is 0 Å². The Morgan fingerprint density at radius 2 is 1.86 bits per heavy atom. The predicted octanol–water partition coefficient (Wildman–Crippen LogP) is 3.57. The molecule has 2 atom stereocenters. The van der Waals surface area contributed by atoms with E-state index in [-0.39, 0.29) is 12.2 Å². The van der Waals surface area contributed by atoms with Gasteiger partial charge in [0.25, 0.3) is 0 Å². The average Bonchev–Trinajstić information content (AvgIpc) is 2.86. The van der Waals surface area contributed by atoms with Gasteiger partial charge in [0.1, 0.15) is 6.10 Å². The third kappa shape index (κ3) is 3.43. The first kappa shape index (κ1) is 15.3. The van der Waals surface area contributed by atoms with Crippen LogP contribution in [0.1, 0.15) is 50.3 Å². The summed E-state index contributed by atoms with van der Waals surface area (Å²) in [4.78, 5) is 16.0. The van der Waals surface area contributed by atoms with Gasteiger partial charge in [-0.2, -0.15) is 0 Å². The minimum Gasteiger partial charge on any atom is -0.444 e. The summed E-state index contributed by atoms with van der Waals surface area (Å²) in [7, 11) is 0. The van der Waals surface area contributed by atoms with Crippen LogP contribution in [0.3, 0.4) is 0 Å². The molecule has 22 heavy (non-hydrogen) atoms. The topological polar surface area (TPSA) is 32.8 Å². The van der Waals surface area contributed by atoms with Crippen molar-refractivity contribution >= 4 is 6.09 Å². The molecule has 4 nitrogen and oxygen atoms in total. The van der Waals surface area contributed by atoms with Gasteiger partial charge >= 0.3 is 6.09 Å². The van der Waals surface area contributed by atoms with Crippen molar-refractivity contribution in [3.8, 4) is 0 Å². The van der Waals surface area contributed by atoms with Gasteiger partial charge in [0.15, 0.2) is 0 Å². The van der Waals surface area contributed by atoms with Crippen LogP contribution < -0.4 is 0 Å². The van der Waals surface area contributed by atoms with Gasteiger partial charge in [-0.15, -0.1) is 0 Å². The van der Waals surface area contributed by atoms with Gasteiger partial charge in [-0.05, 0) is 50.9 Å². The fourth-order valence-corrected chi connectivity index (χ4v) is 3.44. The molecule has 3 rings (SSSR count). The van der Waals surface area contributed by atoms with Crippen molar-refractivity contribution in [2.45, 2.75) is 51.8 Å². The summed E-state index contributed by atoms with van der Waals surface area (Å²) in [6, 6.07) is 9.18. The fraction of sp³-hybridized carbons (Fsp3) is 0.611. The lowest BCUT2D eigenvalue weighted by Crippen LogP contribution is -2.32. The molecule has 2 aliphatic rings. The highest BCUT2D eigenvalue weighted by Gasteiger charge is 2.27. The largest absolute Gasteiger partial charge is 0.444 e. The minimum absolute atomic E-state index is 0.00546. The van der Waals surface area contributed by atoms with E-state index in [1.54, 1.807) is 4.90 Å². The molecule has 0 radical (unpaired) electrons. The zero-order valence-corrected chi connectivity index (χ0v) is 13.6. The summed E-state index contributed by atoms with van der Waals surface area (Å²) in [6.07, 6.45) is 3.81. The number of cyclic esters (lactones) is 1. The van der Waals surface area contributed by atoms with Crippen LogP contribution in [0.5, 0.6) is 0 Å². The molecule has 1 aromatic rings. The molecule has 2 aliphatic heterocycles. The smallest absolute Gasteiger partial charge is 0.410 e. The first-order valence-corrected chi connectivity index (χ1v) is 8.42. The minimum atomic E-state index is -0.196. The van der Waals surface area contributed by atoms with E-state index in [0.29, 0.717) is 19.1 Å². The van der Waals surface area contributed by atoms with Crippen LogP contribution in [-0.2, 0) is 11.3 Å². The Morgan fingerprint density at radius 3 is 2.45 bits per heavy atom. The van der Waals surface area contributed by atoms with E-state index in [9.17, 15) is 4.79 Å². The van der Waals surface area contributed by atoms with E-state index in [1.807, 2.05) is 6.92 Å². The molecular weight excluding hydrogens is 276 g/mol. The molecule has 120 valence electrons. The number of benzene rings is 1. The molecule has 0 aliphatic carbocycles. The molecule has 0 aromatic heterocycles. The maximum atomic E-state index is 11.7. The van der Waals surface area contributed by atoms with E-state index in [1.165, 1.54) is 43.5 Å². The summed E-state index contributed by atoms with van der Waals surface area (Å²) in [5.41, 5.74) is 2.53. The van der Waals surface area contributed by atoms with Crippen LogP contribution in [0, 0.1) is 0 Å². The van der Waals surface area contributed by atoms with Crippen LogP contribution in [0.4, 0.5) is 4.79 Å². The van der Waals surface area contributed by atoms with Crippen molar-refractivity contribution in [2.24, 2.45) is 0 Å². The second-order valence-electron chi connectivity index (χ2n) is 6.59. The van der Waals surface area contributed by atoms with E-state index in [2.05, 4.69) is 36.1 Å². The standard InChI is InChI=1S/C18H26N2O2/c1-14-12-20(18(21)22-14)13-16-6-8-17(9-7-16)15(2)19-10-4-3-5-11-19/h6-9,14-15H,3-5,10-13H2,1-2H3/t14-,15?/m1/s1. The monoisotopic (exact) mass is 302 g/mol. The lowest BCUT2D eigenvalue weighted by atomic mass is 10.0. The molecule has 1 amide bonds. The maximum absolute atomic E-state index is 11.7. The summed E-state index contributed by atoms with van der Waals surface area (Å²) >= 11 is 0. The highest BCUT2D eigenvalue weighted by Crippen LogP contribution is 2.24. The normalized spacial score (nSPS) is 24.4. The molecule has 2 heterocycles. The fourth-order valence-electron chi connectivity index (χ4n) is 3.44. The third-order valence-electron chi connectivity index (χ3n) is 4.81. The van der Waals surface area contributed by atoms with E-state index < -0.39 is 0 Å². The summed E-state index contributed by atoms with van der Waals surface area (Å²) in [5.74, 6) is 0. The first-order chi connectivity index (χ1) is 10.6. The van der Waals surface area contributed by atoms with Crippen LogP contribution in [-0.4, -0.2) is 41.6 Å². The first-order valence-electron chi connectivity index (χ1n) is 8.42. The van der Waals surface area contributed by atoms with Crippen LogP contribution >= 0.6 is 0 Å². The zero-order valence-electron chi connectivity index (χ0n) is 13.6. The predicted molar refractivity (Wildman–Crippen MR) is 86.6 cm³/mol. The molecule has 0 N–H and O–H groups in total. The van der Waals surface area contributed by atoms with Crippen molar-refractivity contribution in [3.05, 3.63) is 35.4 Å². The lowest BCUT2D eigenvalue weighted by molar-refractivity contribution is 0.137. The van der Waals surface area contributed by atoms with E-state index in [4.69, 9.17) is 4.74 Å². The molecule has 1 unspecified atom stereocenters. The van der Waals surface area contributed by atoms with Gasteiger partial charge in [0.05, 0.1) is 6.54 Å². The highest BCUT2D eigenvalue weighted by molar-refractivity contribution is 5.69. The Bertz CT molecular complexity index is 508. The van der Waals surface area contributed by atoms with Crippen LogP contribution in [0.25, 0.3) is 0 Å². The molecule has 0 spiro atoms. The number of hydrogen-bond acceptors (Lipinski definition) is 3. The summed E-state index contributed by atoms with van der Waals surface area (Å²) in [5, 5.41) is 0. The molecular formula is C18H26N2O2. The number of ether oxygens (including phenoxy) is 1. The number of amides is 1. The Hall–Kier alpha value is -1.55. The number of piperidine rings is 1. The molecule has 0 saturated carbocycles. The number of nitrogens with zero attached hydrogens (tertiary/aromatic N) is 2. The van der Waals surface area contributed by atoms with Gasteiger partial charge in [-0.1, -0.05) is 30.7 Å². The van der Waals surface area contributed by atoms with Gasteiger partial charge in [-0.3, -0.25) is 4.90 Å². The molecule has 1 aromatic carbocycles. The van der Waals surface area contributed by atoms with Crippen LogP contribution in [0.2, 0.25) is 0 Å². The number of carbonyl (C=O) groups excluding carboxylic acids is 1. The number of likely N-dealkylation sites (tertiary alicyclic amines) is 1. The van der Waals surface area contributed by atoms with Crippen molar-refractivity contribution in [3.63, 3.8) is 0 Å². The van der Waals surface area contributed by atoms with Gasteiger partial charge < -0.3 is 9.64 Å². The van der Waals surface area contributed by atoms with Gasteiger partial charge in [-0.25, -0.2) is 4.79 Å². The summed E-state index contributed by atoms with van der Waals surface area (Å²) < 4.78 is 5.17. The highest BCUT2D eigenvalue weighted by atomic mass is 16.6. The van der Waals surface area contributed by atoms with Crippen molar-refractivity contribution < 1.29 is 9.53 Å². The Kier molecular flexibility index (Phi) is 4.67. The van der Waals surface area contributed by atoms with Crippen molar-refractivity contribution in [1.29, 1.82) is 0 Å². The van der Waals surface area contributed by atoms with Gasteiger partial charge in [0, 0.05) is 12.6 Å². The van der Waals surface area contributed by atoms with Crippen molar-refractivity contribution in [1.82, 2.24) is 9.80 Å². The third-order valence-corrected chi connectivity index (χ3v) is 4.81. The second-order valence-corrected chi connectivity index (χ2v) is 6.59. The summed E-state index contributed by atoms with van der Waals surface area (Å²) in [6.45, 7) is 7.97. The van der Waals surface area contributed by atoms with Crippen molar-refractivity contribution in [2.75, 3.05) is 19.6 Å². The van der Waals surface area contributed by atoms with E-state index >= 15 is 0 Å². The number of hydrogen-bond donors (Lipinski definition) is 0. The Morgan fingerprint density at radius 1 is 1.18 bits per heavy atom. The Labute approximate surface area is 133 Å².